The summed E-state index contributed by atoms with van der Waals surface area (Å²) in [6.07, 6.45) is 2.03. The Labute approximate surface area is 175 Å². The number of aryl methyl sites for hydroxylation is 1. The molecule has 9 nitrogen and oxygen atoms in total. The second kappa shape index (κ2) is 6.63. The maximum absolute atomic E-state index is 13.2. The molecule has 2 N–H and O–H groups in total. The molecule has 2 aromatic carbocycles. The third kappa shape index (κ3) is 2.67. The number of H-pyrrole nitrogens is 1. The van der Waals surface area contributed by atoms with E-state index in [1.165, 1.54) is 6.33 Å². The molecule has 31 heavy (non-hydrogen) atoms. The fourth-order valence-corrected chi connectivity index (χ4v) is 4.41. The van der Waals surface area contributed by atoms with Gasteiger partial charge < -0.3 is 4.57 Å². The second-order valence-corrected chi connectivity index (χ2v) is 7.47. The van der Waals surface area contributed by atoms with E-state index < -0.39 is 0 Å². The molecule has 1 aliphatic rings. The van der Waals surface area contributed by atoms with E-state index in [2.05, 4.69) is 20.5 Å². The van der Waals surface area contributed by atoms with Gasteiger partial charge in [-0.15, -0.1) is 0 Å². The molecule has 0 saturated heterocycles. The molecule has 1 aliphatic heterocycles. The van der Waals surface area contributed by atoms with Crippen molar-refractivity contribution in [3.8, 4) is 11.5 Å². The molecule has 152 valence electrons. The van der Waals surface area contributed by atoms with Gasteiger partial charge >= 0.3 is 0 Å². The second-order valence-electron chi connectivity index (χ2n) is 7.47. The van der Waals surface area contributed by atoms with Crippen molar-refractivity contribution < 1.29 is 4.79 Å². The summed E-state index contributed by atoms with van der Waals surface area (Å²) < 4.78 is 3.65. The predicted octanol–water partition coefficient (Wildman–Crippen LogP) is 2.33. The highest BCUT2D eigenvalue weighted by Crippen LogP contribution is 2.36. The van der Waals surface area contributed by atoms with Gasteiger partial charge in [0.15, 0.2) is 5.82 Å². The van der Waals surface area contributed by atoms with Crippen LogP contribution in [0.5, 0.6) is 0 Å². The fourth-order valence-electron chi connectivity index (χ4n) is 4.41. The lowest BCUT2D eigenvalue weighted by Gasteiger charge is -2.21. The molecule has 0 radical (unpaired) electrons. The molecule has 4 heterocycles. The molecule has 0 aliphatic carbocycles. The molecule has 6 rings (SSSR count). The van der Waals surface area contributed by atoms with Crippen molar-refractivity contribution in [3.63, 3.8) is 0 Å². The molecule has 5 aromatic rings. The minimum absolute atomic E-state index is 0.0548. The van der Waals surface area contributed by atoms with E-state index in [4.69, 9.17) is 4.98 Å². The quantitative estimate of drug-likeness (QED) is 0.473. The summed E-state index contributed by atoms with van der Waals surface area (Å²) in [5.41, 5.74) is 3.42. The first-order valence-corrected chi connectivity index (χ1v) is 9.96. The smallest absolute Gasteiger partial charge is 0.261 e. The molecular formula is C22H17N7O2. The number of carbonyl (C=O) groups is 1. The van der Waals surface area contributed by atoms with Crippen LogP contribution in [0.15, 0.2) is 59.7 Å². The molecule has 0 unspecified atom stereocenters. The Morgan fingerprint density at radius 2 is 1.90 bits per heavy atom. The Kier molecular flexibility index (Phi) is 3.76. The standard InChI is InChI=1S/C22H17N7O2/c30-18(26-22-23-12-24-27-22)11-29-17-8-4-2-5-13(17)14-9-10-28-20(19(14)29)25-16-7-3-1-6-15(16)21(28)31/h1-8,12H,9-11H2,(H2,23,24,26,27,30). The Morgan fingerprint density at radius 3 is 2.74 bits per heavy atom. The number of amides is 1. The van der Waals surface area contributed by atoms with Gasteiger partial charge in [0.1, 0.15) is 12.9 Å². The monoisotopic (exact) mass is 411 g/mol. The van der Waals surface area contributed by atoms with Gasteiger partial charge in [-0.2, -0.15) is 10.1 Å². The van der Waals surface area contributed by atoms with Crippen LogP contribution in [0.25, 0.3) is 33.3 Å². The number of carbonyl (C=O) groups excluding carboxylic acids is 1. The zero-order valence-corrected chi connectivity index (χ0v) is 16.4. The summed E-state index contributed by atoms with van der Waals surface area (Å²) in [5, 5.41) is 10.8. The van der Waals surface area contributed by atoms with E-state index in [0.717, 1.165) is 22.2 Å². The molecule has 0 saturated carbocycles. The molecule has 0 spiro atoms. The fraction of sp³-hybridized carbons (Fsp3) is 0.136. The minimum Gasteiger partial charge on any atom is -0.328 e. The van der Waals surface area contributed by atoms with Crippen molar-refractivity contribution in [1.82, 2.24) is 29.3 Å². The number of aromatic amines is 1. The maximum atomic E-state index is 13.2. The van der Waals surface area contributed by atoms with Crippen molar-refractivity contribution in [1.29, 1.82) is 0 Å². The number of fused-ring (bicyclic) bond motifs is 6. The van der Waals surface area contributed by atoms with Crippen molar-refractivity contribution in [2.45, 2.75) is 19.5 Å². The first-order chi connectivity index (χ1) is 15.2. The van der Waals surface area contributed by atoms with Crippen molar-refractivity contribution >= 4 is 33.7 Å². The van der Waals surface area contributed by atoms with E-state index >= 15 is 0 Å². The number of anilines is 1. The van der Waals surface area contributed by atoms with Gasteiger partial charge in [-0.05, 0) is 30.2 Å². The lowest BCUT2D eigenvalue weighted by molar-refractivity contribution is -0.116. The van der Waals surface area contributed by atoms with E-state index in [9.17, 15) is 9.59 Å². The predicted molar refractivity (Wildman–Crippen MR) is 116 cm³/mol. The number of hydrogen-bond acceptors (Lipinski definition) is 5. The Hall–Kier alpha value is -4.27. The molecule has 1 amide bonds. The lowest BCUT2D eigenvalue weighted by Crippen LogP contribution is -2.29. The highest BCUT2D eigenvalue weighted by atomic mass is 16.2. The largest absolute Gasteiger partial charge is 0.328 e. The van der Waals surface area contributed by atoms with Crippen LogP contribution in [0.4, 0.5) is 5.95 Å². The van der Waals surface area contributed by atoms with Crippen LogP contribution in [0.3, 0.4) is 0 Å². The third-order valence-electron chi connectivity index (χ3n) is 5.71. The number of benzene rings is 2. The zero-order chi connectivity index (χ0) is 20.9. The number of para-hydroxylation sites is 2. The summed E-state index contributed by atoms with van der Waals surface area (Å²) in [6.45, 7) is 0.608. The van der Waals surface area contributed by atoms with Gasteiger partial charge in [-0.25, -0.2) is 10.1 Å². The van der Waals surface area contributed by atoms with E-state index in [-0.39, 0.29) is 24.0 Å². The normalized spacial score (nSPS) is 12.6. The summed E-state index contributed by atoms with van der Waals surface area (Å²) in [5.74, 6) is 0.630. The van der Waals surface area contributed by atoms with Gasteiger partial charge in [0, 0.05) is 17.4 Å². The summed E-state index contributed by atoms with van der Waals surface area (Å²) in [6, 6.07) is 15.3. The van der Waals surface area contributed by atoms with Gasteiger partial charge in [0.2, 0.25) is 11.9 Å². The number of hydrogen-bond donors (Lipinski definition) is 2. The average Bonchev–Trinajstić information content (AvgIpc) is 3.41. The van der Waals surface area contributed by atoms with Crippen molar-refractivity contribution in [3.05, 3.63) is 70.8 Å². The van der Waals surface area contributed by atoms with Crippen LogP contribution in [0.1, 0.15) is 5.56 Å². The summed E-state index contributed by atoms with van der Waals surface area (Å²) >= 11 is 0. The Balaban J connectivity index is 1.57. The van der Waals surface area contributed by atoms with Crippen LogP contribution in [-0.4, -0.2) is 35.2 Å². The van der Waals surface area contributed by atoms with Crippen molar-refractivity contribution in [2.24, 2.45) is 0 Å². The first kappa shape index (κ1) is 17.6. The highest BCUT2D eigenvalue weighted by molar-refractivity contribution is 5.95. The first-order valence-electron chi connectivity index (χ1n) is 9.96. The van der Waals surface area contributed by atoms with E-state index in [0.29, 0.717) is 29.7 Å². The molecule has 3 aromatic heterocycles. The van der Waals surface area contributed by atoms with E-state index in [1.807, 2.05) is 47.0 Å². The number of aromatic nitrogens is 6. The van der Waals surface area contributed by atoms with Crippen LogP contribution in [-0.2, 0) is 24.3 Å². The number of nitrogens with zero attached hydrogens (tertiary/aromatic N) is 5. The molecule has 0 atom stereocenters. The Morgan fingerprint density at radius 1 is 1.10 bits per heavy atom. The molecular weight excluding hydrogens is 394 g/mol. The minimum atomic E-state index is -0.249. The number of nitrogens with one attached hydrogen (secondary N) is 2. The molecule has 0 fully saturated rings. The average molecular weight is 411 g/mol. The maximum Gasteiger partial charge on any atom is 0.261 e. The zero-order valence-electron chi connectivity index (χ0n) is 16.4. The lowest BCUT2D eigenvalue weighted by atomic mass is 10.0. The highest BCUT2D eigenvalue weighted by Gasteiger charge is 2.28. The van der Waals surface area contributed by atoms with E-state index in [1.54, 1.807) is 10.6 Å². The van der Waals surface area contributed by atoms with Gasteiger partial charge in [0.05, 0.1) is 16.6 Å². The summed E-state index contributed by atoms with van der Waals surface area (Å²) in [4.78, 5) is 34.7. The SMILES string of the molecule is O=C(Cn1c2c(c3ccccc31)CCn1c-2nc2ccccc2c1=O)Nc1ncn[nH]1. The van der Waals surface area contributed by atoms with Crippen molar-refractivity contribution in [2.75, 3.05) is 5.32 Å². The van der Waals surface area contributed by atoms with Gasteiger partial charge in [-0.3, -0.25) is 19.5 Å². The van der Waals surface area contributed by atoms with Crippen LogP contribution < -0.4 is 10.9 Å². The van der Waals surface area contributed by atoms with Crippen LogP contribution in [0, 0.1) is 0 Å². The third-order valence-corrected chi connectivity index (χ3v) is 5.71. The summed E-state index contributed by atoms with van der Waals surface area (Å²) in [7, 11) is 0. The van der Waals surface area contributed by atoms with Gasteiger partial charge in [-0.1, -0.05) is 30.3 Å². The van der Waals surface area contributed by atoms with Crippen LogP contribution >= 0.6 is 0 Å². The van der Waals surface area contributed by atoms with Gasteiger partial charge in [0.25, 0.3) is 5.56 Å². The molecule has 9 heteroatoms. The Bertz CT molecular complexity index is 1530. The van der Waals surface area contributed by atoms with Crippen LogP contribution in [0.2, 0.25) is 0 Å². The number of rotatable bonds is 3. The molecule has 0 bridgehead atoms. The topological polar surface area (TPSA) is 110 Å².